The molecule has 2 aromatic rings. The van der Waals surface area contributed by atoms with Crippen molar-refractivity contribution in [3.63, 3.8) is 0 Å². The van der Waals surface area contributed by atoms with E-state index in [0.717, 1.165) is 69.2 Å². The first-order valence-electron chi connectivity index (χ1n) is 10.8. The highest BCUT2D eigenvalue weighted by Crippen LogP contribution is 2.32. The predicted molar refractivity (Wildman–Crippen MR) is 118 cm³/mol. The Morgan fingerprint density at radius 2 is 2.00 bits per heavy atom. The molecule has 0 spiro atoms. The Labute approximate surface area is 177 Å². The summed E-state index contributed by atoms with van der Waals surface area (Å²) in [5.74, 6) is 0. The fraction of sp³-hybridized carbons (Fsp3) is 0.591. The summed E-state index contributed by atoms with van der Waals surface area (Å²) in [6, 6.07) is 7.82. The van der Waals surface area contributed by atoms with E-state index < -0.39 is 0 Å². The van der Waals surface area contributed by atoms with Gasteiger partial charge in [-0.1, -0.05) is 12.1 Å². The fourth-order valence-electron chi connectivity index (χ4n) is 4.53. The largest absolute Gasteiger partial charge is 0.374 e. The monoisotopic (exact) mass is 413 g/mol. The van der Waals surface area contributed by atoms with Crippen molar-refractivity contribution < 1.29 is 9.66 Å². The molecule has 1 aromatic heterocycles. The Morgan fingerprint density at radius 3 is 2.70 bits per heavy atom. The molecule has 162 valence electrons. The van der Waals surface area contributed by atoms with Gasteiger partial charge < -0.3 is 9.64 Å². The zero-order valence-corrected chi connectivity index (χ0v) is 18.1. The second-order valence-corrected chi connectivity index (χ2v) is 8.58. The first-order valence-corrected chi connectivity index (χ1v) is 10.8. The summed E-state index contributed by atoms with van der Waals surface area (Å²) in [4.78, 5) is 22.9. The van der Waals surface area contributed by atoms with E-state index in [2.05, 4.69) is 33.5 Å². The Bertz CT molecular complexity index is 911. The summed E-state index contributed by atoms with van der Waals surface area (Å²) in [7, 11) is 0. The van der Waals surface area contributed by atoms with Gasteiger partial charge in [0.2, 0.25) is 0 Å². The maximum atomic E-state index is 11.4. The van der Waals surface area contributed by atoms with E-state index >= 15 is 0 Å². The van der Waals surface area contributed by atoms with Crippen molar-refractivity contribution in [2.75, 3.05) is 57.3 Å². The second kappa shape index (κ2) is 8.83. The van der Waals surface area contributed by atoms with Gasteiger partial charge in [-0.3, -0.25) is 19.9 Å². The maximum Gasteiger partial charge on any atom is 0.295 e. The quantitative estimate of drug-likeness (QED) is 0.551. The molecule has 4 rings (SSSR count). The predicted octanol–water partition coefficient (Wildman–Crippen LogP) is 2.68. The number of nitrogens with zero attached hydrogens (tertiary/aromatic N) is 5. The van der Waals surface area contributed by atoms with Crippen LogP contribution in [0.15, 0.2) is 24.3 Å². The molecule has 1 atom stereocenters. The standard InChI is InChI=1S/C22H31N5O3/c1-16(2)26-11-12-30-18(15-26)14-24-7-9-25(10-8-24)21-13-17(3)23-22-19(21)5-4-6-20(22)27(28)29/h4-6,13,16,18H,7-12,14-15H2,1-3H3. The van der Waals surface area contributed by atoms with E-state index in [1.807, 2.05) is 19.1 Å². The number of piperazine rings is 1. The first-order chi connectivity index (χ1) is 14.4. The Morgan fingerprint density at radius 1 is 1.23 bits per heavy atom. The smallest absolute Gasteiger partial charge is 0.295 e. The summed E-state index contributed by atoms with van der Waals surface area (Å²) in [5, 5.41) is 12.3. The average molecular weight is 414 g/mol. The summed E-state index contributed by atoms with van der Waals surface area (Å²) < 4.78 is 6.01. The summed E-state index contributed by atoms with van der Waals surface area (Å²) in [6.45, 7) is 13.9. The molecule has 0 N–H and O–H groups in total. The van der Waals surface area contributed by atoms with Crippen LogP contribution in [0.1, 0.15) is 19.5 Å². The molecule has 0 aliphatic carbocycles. The van der Waals surface area contributed by atoms with Gasteiger partial charge in [0, 0.05) is 74.7 Å². The molecular formula is C22H31N5O3. The number of non-ortho nitro benzene ring substituents is 1. The highest BCUT2D eigenvalue weighted by atomic mass is 16.6. The van der Waals surface area contributed by atoms with Gasteiger partial charge in [-0.05, 0) is 26.8 Å². The zero-order valence-electron chi connectivity index (χ0n) is 18.1. The number of para-hydroxylation sites is 1. The Hall–Kier alpha value is -2.29. The molecule has 0 bridgehead atoms. The minimum absolute atomic E-state index is 0.0697. The minimum Gasteiger partial charge on any atom is -0.374 e. The third-order valence-corrected chi connectivity index (χ3v) is 6.20. The van der Waals surface area contributed by atoms with Crippen molar-refractivity contribution in [3.05, 3.63) is 40.1 Å². The van der Waals surface area contributed by atoms with Crippen molar-refractivity contribution in [1.29, 1.82) is 0 Å². The van der Waals surface area contributed by atoms with Gasteiger partial charge in [0.1, 0.15) is 0 Å². The normalized spacial score (nSPS) is 21.5. The van der Waals surface area contributed by atoms with Crippen LogP contribution >= 0.6 is 0 Å². The summed E-state index contributed by atoms with van der Waals surface area (Å²) in [5.41, 5.74) is 2.39. The molecule has 1 unspecified atom stereocenters. The number of aromatic nitrogens is 1. The van der Waals surface area contributed by atoms with Crippen molar-refractivity contribution >= 4 is 22.3 Å². The fourth-order valence-corrected chi connectivity index (χ4v) is 4.53. The van der Waals surface area contributed by atoms with Crippen LogP contribution in [0.5, 0.6) is 0 Å². The number of morpholine rings is 1. The van der Waals surface area contributed by atoms with Gasteiger partial charge in [-0.2, -0.15) is 0 Å². The molecule has 0 saturated carbocycles. The van der Waals surface area contributed by atoms with E-state index in [4.69, 9.17) is 4.74 Å². The summed E-state index contributed by atoms with van der Waals surface area (Å²) in [6.07, 6.45) is 0.263. The number of hydrogen-bond donors (Lipinski definition) is 0. The zero-order chi connectivity index (χ0) is 21.3. The SMILES string of the molecule is Cc1cc(N2CCN(CC3CN(C(C)C)CCO3)CC2)c2cccc([N+](=O)[O-])c2n1. The lowest BCUT2D eigenvalue weighted by Crippen LogP contribution is -2.53. The van der Waals surface area contributed by atoms with Crippen molar-refractivity contribution in [3.8, 4) is 0 Å². The van der Waals surface area contributed by atoms with Crippen LogP contribution in [-0.2, 0) is 4.74 Å². The van der Waals surface area contributed by atoms with Crippen molar-refractivity contribution in [2.45, 2.75) is 32.9 Å². The van der Waals surface area contributed by atoms with Gasteiger partial charge >= 0.3 is 0 Å². The number of benzene rings is 1. The van der Waals surface area contributed by atoms with Crippen LogP contribution in [0.3, 0.4) is 0 Å². The molecule has 3 heterocycles. The summed E-state index contributed by atoms with van der Waals surface area (Å²) >= 11 is 0. The van der Waals surface area contributed by atoms with Gasteiger partial charge in [-0.25, -0.2) is 4.98 Å². The van der Waals surface area contributed by atoms with Crippen LogP contribution in [0, 0.1) is 17.0 Å². The van der Waals surface area contributed by atoms with Crippen LogP contribution in [0.4, 0.5) is 11.4 Å². The van der Waals surface area contributed by atoms with Crippen LogP contribution in [-0.4, -0.2) is 84.3 Å². The lowest BCUT2D eigenvalue weighted by molar-refractivity contribution is -0.383. The first kappa shape index (κ1) is 21.0. The number of ether oxygens (including phenoxy) is 1. The molecular weight excluding hydrogens is 382 g/mol. The number of aryl methyl sites for hydroxylation is 1. The Kier molecular flexibility index (Phi) is 6.17. The molecule has 2 aliphatic rings. The van der Waals surface area contributed by atoms with E-state index in [-0.39, 0.29) is 16.7 Å². The third kappa shape index (κ3) is 4.40. The molecule has 1 aromatic carbocycles. The van der Waals surface area contributed by atoms with Crippen LogP contribution < -0.4 is 4.90 Å². The number of hydrogen-bond acceptors (Lipinski definition) is 7. The third-order valence-electron chi connectivity index (χ3n) is 6.20. The lowest BCUT2D eigenvalue weighted by Gasteiger charge is -2.41. The highest BCUT2D eigenvalue weighted by Gasteiger charge is 2.27. The molecule has 30 heavy (non-hydrogen) atoms. The van der Waals surface area contributed by atoms with E-state index in [9.17, 15) is 10.1 Å². The molecule has 2 fully saturated rings. The number of fused-ring (bicyclic) bond motifs is 1. The highest BCUT2D eigenvalue weighted by molar-refractivity contribution is 5.97. The molecule has 0 amide bonds. The van der Waals surface area contributed by atoms with Crippen LogP contribution in [0.25, 0.3) is 10.9 Å². The molecule has 2 aliphatic heterocycles. The van der Waals surface area contributed by atoms with E-state index in [0.29, 0.717) is 11.6 Å². The van der Waals surface area contributed by atoms with Crippen LogP contribution in [0.2, 0.25) is 0 Å². The van der Waals surface area contributed by atoms with Gasteiger partial charge in [-0.15, -0.1) is 0 Å². The topological polar surface area (TPSA) is 75.0 Å². The van der Waals surface area contributed by atoms with E-state index in [1.165, 1.54) is 6.07 Å². The number of nitro groups is 1. The minimum atomic E-state index is -0.346. The van der Waals surface area contributed by atoms with Crippen molar-refractivity contribution in [1.82, 2.24) is 14.8 Å². The number of pyridine rings is 1. The second-order valence-electron chi connectivity index (χ2n) is 8.58. The number of anilines is 1. The number of rotatable bonds is 5. The maximum absolute atomic E-state index is 11.4. The van der Waals surface area contributed by atoms with Gasteiger partial charge in [0.15, 0.2) is 5.52 Å². The van der Waals surface area contributed by atoms with Gasteiger partial charge in [0.05, 0.1) is 17.6 Å². The molecule has 2 saturated heterocycles. The molecule has 8 nitrogen and oxygen atoms in total. The average Bonchev–Trinajstić information content (AvgIpc) is 2.73. The number of nitro benzene ring substituents is 1. The van der Waals surface area contributed by atoms with Gasteiger partial charge in [0.25, 0.3) is 5.69 Å². The molecule has 8 heteroatoms. The van der Waals surface area contributed by atoms with E-state index in [1.54, 1.807) is 6.07 Å². The molecule has 0 radical (unpaired) electrons. The lowest BCUT2D eigenvalue weighted by atomic mass is 10.1. The van der Waals surface area contributed by atoms with Crippen molar-refractivity contribution in [2.24, 2.45) is 0 Å². The Balaban J connectivity index is 1.45.